The van der Waals surface area contributed by atoms with Gasteiger partial charge in [0.25, 0.3) is 5.91 Å². The van der Waals surface area contributed by atoms with Gasteiger partial charge in [0, 0.05) is 12.0 Å². The highest BCUT2D eigenvalue weighted by atomic mass is 16.5. The third-order valence-electron chi connectivity index (χ3n) is 4.53. The second-order valence-electron chi connectivity index (χ2n) is 6.72. The highest BCUT2D eigenvalue weighted by molar-refractivity contribution is 5.96. The molecule has 1 unspecified atom stereocenters. The van der Waals surface area contributed by atoms with E-state index in [1.165, 1.54) is 31.4 Å². The van der Waals surface area contributed by atoms with Gasteiger partial charge in [0.1, 0.15) is 24.1 Å². The average Bonchev–Trinajstić information content (AvgIpc) is 2.78. The van der Waals surface area contributed by atoms with Crippen molar-refractivity contribution in [1.29, 1.82) is 0 Å². The van der Waals surface area contributed by atoms with Crippen LogP contribution in [-0.4, -0.2) is 30.1 Å². The van der Waals surface area contributed by atoms with Crippen molar-refractivity contribution in [2.75, 3.05) is 7.11 Å². The molecule has 0 saturated carbocycles. The number of carbonyl (C=O) groups is 2. The molecule has 1 amide bonds. The van der Waals surface area contributed by atoms with E-state index < -0.39 is 17.9 Å². The molecule has 0 radical (unpaired) electrons. The fourth-order valence-electron chi connectivity index (χ4n) is 2.89. The lowest BCUT2D eigenvalue weighted by atomic mass is 10.0. The zero-order valence-corrected chi connectivity index (χ0v) is 16.6. The summed E-state index contributed by atoms with van der Waals surface area (Å²) in [6.45, 7) is 0.466. The van der Waals surface area contributed by atoms with E-state index in [1.807, 2.05) is 54.6 Å². The number of carbonyl (C=O) groups excluding carboxylic acids is 2. The van der Waals surface area contributed by atoms with E-state index in [-0.39, 0.29) is 12.2 Å². The standard InChI is InChI=1S/C24H23NO5/c1-29-24(28)22(25-23(27)19-9-11-20(26)12-10-19)15-17-7-13-21(14-8-17)30-16-18-5-3-2-4-6-18/h2-14,22,26H,15-16H2,1H3,(H,25,27). The van der Waals surface area contributed by atoms with Crippen LogP contribution in [0.4, 0.5) is 0 Å². The Balaban J connectivity index is 1.62. The first-order valence-corrected chi connectivity index (χ1v) is 9.48. The lowest BCUT2D eigenvalue weighted by Gasteiger charge is -2.17. The number of hydrogen-bond acceptors (Lipinski definition) is 5. The first kappa shape index (κ1) is 20.9. The summed E-state index contributed by atoms with van der Waals surface area (Å²) in [7, 11) is 1.28. The summed E-state index contributed by atoms with van der Waals surface area (Å²) in [5, 5.41) is 12.0. The van der Waals surface area contributed by atoms with E-state index in [9.17, 15) is 14.7 Å². The van der Waals surface area contributed by atoms with Gasteiger partial charge in [-0.1, -0.05) is 42.5 Å². The maximum atomic E-state index is 12.4. The first-order chi connectivity index (χ1) is 14.5. The number of amides is 1. The minimum absolute atomic E-state index is 0.0608. The van der Waals surface area contributed by atoms with Gasteiger partial charge in [-0.2, -0.15) is 0 Å². The van der Waals surface area contributed by atoms with E-state index in [0.717, 1.165) is 11.1 Å². The fourth-order valence-corrected chi connectivity index (χ4v) is 2.89. The highest BCUT2D eigenvalue weighted by Gasteiger charge is 2.22. The molecular weight excluding hydrogens is 382 g/mol. The van der Waals surface area contributed by atoms with Crippen molar-refractivity contribution in [2.24, 2.45) is 0 Å². The number of aromatic hydroxyl groups is 1. The Bertz CT molecular complexity index is 969. The van der Waals surface area contributed by atoms with Crippen molar-refractivity contribution < 1.29 is 24.2 Å². The Hall–Kier alpha value is -3.80. The van der Waals surface area contributed by atoms with Gasteiger partial charge in [-0.15, -0.1) is 0 Å². The van der Waals surface area contributed by atoms with Crippen LogP contribution in [0.3, 0.4) is 0 Å². The van der Waals surface area contributed by atoms with Gasteiger partial charge in [0.2, 0.25) is 0 Å². The van der Waals surface area contributed by atoms with Crippen LogP contribution in [-0.2, 0) is 22.6 Å². The van der Waals surface area contributed by atoms with E-state index in [0.29, 0.717) is 17.9 Å². The molecule has 0 aliphatic carbocycles. The number of ether oxygens (including phenoxy) is 2. The molecule has 2 N–H and O–H groups in total. The quantitative estimate of drug-likeness (QED) is 0.561. The molecule has 0 aliphatic rings. The van der Waals surface area contributed by atoms with Crippen LogP contribution < -0.4 is 10.1 Å². The predicted molar refractivity (Wildman–Crippen MR) is 112 cm³/mol. The smallest absolute Gasteiger partial charge is 0.328 e. The third kappa shape index (κ3) is 5.85. The molecule has 0 aromatic heterocycles. The molecule has 6 nitrogen and oxygen atoms in total. The summed E-state index contributed by atoms with van der Waals surface area (Å²) in [6, 6.07) is 22.2. The first-order valence-electron chi connectivity index (χ1n) is 9.48. The van der Waals surface area contributed by atoms with Crippen molar-refractivity contribution in [1.82, 2.24) is 5.32 Å². The van der Waals surface area contributed by atoms with Crippen LogP contribution >= 0.6 is 0 Å². The lowest BCUT2D eigenvalue weighted by molar-refractivity contribution is -0.142. The van der Waals surface area contributed by atoms with Gasteiger partial charge in [0.05, 0.1) is 7.11 Å². The summed E-state index contributed by atoms with van der Waals surface area (Å²) < 4.78 is 10.6. The topological polar surface area (TPSA) is 84.9 Å². The van der Waals surface area contributed by atoms with E-state index in [2.05, 4.69) is 5.32 Å². The van der Waals surface area contributed by atoms with Crippen molar-refractivity contribution in [2.45, 2.75) is 19.1 Å². The summed E-state index contributed by atoms with van der Waals surface area (Å²) in [4.78, 5) is 24.6. The monoisotopic (exact) mass is 405 g/mol. The normalized spacial score (nSPS) is 11.4. The SMILES string of the molecule is COC(=O)C(Cc1ccc(OCc2ccccc2)cc1)NC(=O)c1ccc(O)cc1. The molecule has 0 spiro atoms. The molecular formula is C24H23NO5. The molecule has 1 atom stereocenters. The maximum absolute atomic E-state index is 12.4. The molecule has 0 bridgehead atoms. The molecule has 0 saturated heterocycles. The molecule has 3 aromatic carbocycles. The fraction of sp³-hybridized carbons (Fsp3) is 0.167. The van der Waals surface area contributed by atoms with Crippen molar-refractivity contribution >= 4 is 11.9 Å². The van der Waals surface area contributed by atoms with Gasteiger partial charge in [0.15, 0.2) is 0 Å². The van der Waals surface area contributed by atoms with Gasteiger partial charge >= 0.3 is 5.97 Å². The highest BCUT2D eigenvalue weighted by Crippen LogP contribution is 2.16. The van der Waals surface area contributed by atoms with E-state index >= 15 is 0 Å². The number of hydrogen-bond donors (Lipinski definition) is 2. The van der Waals surface area contributed by atoms with Crippen LogP contribution in [0.25, 0.3) is 0 Å². The lowest BCUT2D eigenvalue weighted by Crippen LogP contribution is -2.43. The Morgan fingerprint density at radius 2 is 1.57 bits per heavy atom. The molecule has 30 heavy (non-hydrogen) atoms. The Morgan fingerprint density at radius 3 is 2.20 bits per heavy atom. The number of nitrogens with one attached hydrogen (secondary N) is 1. The van der Waals surface area contributed by atoms with Crippen molar-refractivity contribution in [3.05, 3.63) is 95.6 Å². The zero-order valence-electron chi connectivity index (χ0n) is 16.6. The minimum Gasteiger partial charge on any atom is -0.508 e. The van der Waals surface area contributed by atoms with Crippen LogP contribution in [0.5, 0.6) is 11.5 Å². The number of methoxy groups -OCH3 is 1. The number of esters is 1. The van der Waals surface area contributed by atoms with Crippen LogP contribution in [0, 0.1) is 0 Å². The Labute approximate surface area is 175 Å². The zero-order chi connectivity index (χ0) is 21.3. The van der Waals surface area contributed by atoms with Gasteiger partial charge in [-0.3, -0.25) is 4.79 Å². The molecule has 3 aromatic rings. The number of rotatable bonds is 8. The van der Waals surface area contributed by atoms with E-state index in [4.69, 9.17) is 9.47 Å². The maximum Gasteiger partial charge on any atom is 0.328 e. The Morgan fingerprint density at radius 1 is 0.900 bits per heavy atom. The van der Waals surface area contributed by atoms with Gasteiger partial charge in [-0.25, -0.2) is 4.79 Å². The minimum atomic E-state index is -0.840. The molecule has 0 heterocycles. The number of phenols is 1. The third-order valence-corrected chi connectivity index (χ3v) is 4.53. The largest absolute Gasteiger partial charge is 0.508 e. The Kier molecular flexibility index (Phi) is 7.05. The molecule has 3 rings (SSSR count). The summed E-state index contributed by atoms with van der Waals surface area (Å²) in [6.07, 6.45) is 0.273. The second kappa shape index (κ2) is 10.1. The van der Waals surface area contributed by atoms with Gasteiger partial charge in [-0.05, 0) is 47.5 Å². The van der Waals surface area contributed by atoms with Crippen LogP contribution in [0.15, 0.2) is 78.9 Å². The molecule has 0 aliphatic heterocycles. The second-order valence-corrected chi connectivity index (χ2v) is 6.72. The van der Waals surface area contributed by atoms with Gasteiger partial charge < -0.3 is 19.9 Å². The van der Waals surface area contributed by atoms with Crippen molar-refractivity contribution in [3.63, 3.8) is 0 Å². The summed E-state index contributed by atoms with van der Waals surface area (Å²) in [5.41, 5.74) is 2.26. The summed E-state index contributed by atoms with van der Waals surface area (Å²) in [5.74, 6) is -0.185. The average molecular weight is 405 g/mol. The van der Waals surface area contributed by atoms with E-state index in [1.54, 1.807) is 0 Å². The molecule has 154 valence electrons. The predicted octanol–water partition coefficient (Wildman–Crippen LogP) is 3.49. The van der Waals surface area contributed by atoms with Crippen molar-refractivity contribution in [3.8, 4) is 11.5 Å². The number of benzene rings is 3. The van der Waals surface area contributed by atoms with Crippen LogP contribution in [0.2, 0.25) is 0 Å². The van der Waals surface area contributed by atoms with Crippen LogP contribution in [0.1, 0.15) is 21.5 Å². The molecule has 6 heteroatoms. The number of phenolic OH excluding ortho intramolecular Hbond substituents is 1. The summed E-state index contributed by atoms with van der Waals surface area (Å²) >= 11 is 0. The molecule has 0 fully saturated rings.